The molecular weight excluding hydrogens is 268 g/mol. The molecule has 0 bridgehead atoms. The fourth-order valence-corrected chi connectivity index (χ4v) is 2.46. The zero-order chi connectivity index (χ0) is 14.6. The van der Waals surface area contributed by atoms with Crippen LogP contribution in [0.5, 0.6) is 0 Å². The minimum Gasteiger partial charge on any atom is -0.481 e. The molecule has 0 aliphatic rings. The van der Waals surface area contributed by atoms with Gasteiger partial charge < -0.3 is 5.11 Å². The maximum absolute atomic E-state index is 10.7. The third kappa shape index (κ3) is 4.96. The number of carbonyl (C=O) groups is 1. The first-order valence-corrected chi connectivity index (χ1v) is 6.72. The van der Waals surface area contributed by atoms with E-state index >= 15 is 0 Å². The van der Waals surface area contributed by atoms with Crippen molar-refractivity contribution in [2.45, 2.75) is 39.3 Å². The second kappa shape index (κ2) is 6.12. The average molecular weight is 286 g/mol. The second-order valence-corrected chi connectivity index (χ2v) is 6.38. The van der Waals surface area contributed by atoms with E-state index in [1.807, 2.05) is 25.7 Å². The Balaban J connectivity index is 2.76. The first-order valence-electron chi connectivity index (χ1n) is 5.90. The van der Waals surface area contributed by atoms with Gasteiger partial charge in [0.1, 0.15) is 0 Å². The van der Waals surface area contributed by atoms with E-state index in [2.05, 4.69) is 0 Å². The van der Waals surface area contributed by atoms with E-state index in [0.29, 0.717) is 13.1 Å². The highest BCUT2D eigenvalue weighted by atomic mass is 32.1. The highest BCUT2D eigenvalue weighted by molar-refractivity contribution is 7.15. The number of nitro groups is 1. The number of hydrogen-bond donors (Lipinski definition) is 1. The van der Waals surface area contributed by atoms with Gasteiger partial charge in [-0.15, -0.1) is 0 Å². The summed E-state index contributed by atoms with van der Waals surface area (Å²) in [4.78, 5) is 23.8. The molecular formula is C12H18N2O4S. The molecule has 0 atom stereocenters. The molecule has 0 radical (unpaired) electrons. The highest BCUT2D eigenvalue weighted by Gasteiger charge is 2.23. The molecule has 0 aliphatic heterocycles. The van der Waals surface area contributed by atoms with E-state index in [4.69, 9.17) is 5.11 Å². The van der Waals surface area contributed by atoms with Crippen molar-refractivity contribution in [3.05, 3.63) is 27.1 Å². The second-order valence-electron chi connectivity index (χ2n) is 5.23. The first kappa shape index (κ1) is 15.6. The number of hydrogen-bond acceptors (Lipinski definition) is 5. The molecule has 0 saturated carbocycles. The summed E-state index contributed by atoms with van der Waals surface area (Å²) in [5.74, 6) is -0.841. The summed E-state index contributed by atoms with van der Waals surface area (Å²) in [7, 11) is 0. The van der Waals surface area contributed by atoms with Crippen molar-refractivity contribution in [1.29, 1.82) is 0 Å². The van der Waals surface area contributed by atoms with Gasteiger partial charge in [-0.25, -0.2) is 0 Å². The largest absolute Gasteiger partial charge is 0.481 e. The standard InChI is InChI=1S/C12H18N2O4S/c1-12(2,3)13(7-6-11(15)16)8-9-4-5-10(19-9)14(17)18/h4-5H,6-8H2,1-3H3,(H,15,16). The van der Waals surface area contributed by atoms with Crippen LogP contribution in [0.15, 0.2) is 12.1 Å². The lowest BCUT2D eigenvalue weighted by atomic mass is 10.1. The molecule has 19 heavy (non-hydrogen) atoms. The number of carboxylic acid groups (broad SMARTS) is 1. The quantitative estimate of drug-likeness (QED) is 0.642. The van der Waals surface area contributed by atoms with Crippen LogP contribution in [0.4, 0.5) is 5.00 Å². The van der Waals surface area contributed by atoms with Crippen molar-refractivity contribution in [3.8, 4) is 0 Å². The van der Waals surface area contributed by atoms with Gasteiger partial charge in [0, 0.05) is 29.6 Å². The highest BCUT2D eigenvalue weighted by Crippen LogP contribution is 2.27. The normalized spacial score (nSPS) is 11.8. The molecule has 1 aromatic heterocycles. The van der Waals surface area contributed by atoms with E-state index in [1.54, 1.807) is 6.07 Å². The van der Waals surface area contributed by atoms with E-state index in [9.17, 15) is 14.9 Å². The van der Waals surface area contributed by atoms with Gasteiger partial charge >= 0.3 is 11.0 Å². The van der Waals surface area contributed by atoms with E-state index in [0.717, 1.165) is 16.2 Å². The van der Waals surface area contributed by atoms with Crippen LogP contribution in [-0.2, 0) is 11.3 Å². The van der Waals surface area contributed by atoms with Crippen LogP contribution in [0.2, 0.25) is 0 Å². The van der Waals surface area contributed by atoms with Crippen molar-refractivity contribution in [2.75, 3.05) is 6.54 Å². The van der Waals surface area contributed by atoms with Crippen LogP contribution in [0.3, 0.4) is 0 Å². The van der Waals surface area contributed by atoms with Crippen LogP contribution in [0.1, 0.15) is 32.1 Å². The average Bonchev–Trinajstić information content (AvgIpc) is 2.70. The summed E-state index contributed by atoms with van der Waals surface area (Å²) < 4.78 is 0. The van der Waals surface area contributed by atoms with E-state index in [-0.39, 0.29) is 17.0 Å². The van der Waals surface area contributed by atoms with Crippen LogP contribution >= 0.6 is 11.3 Å². The van der Waals surface area contributed by atoms with E-state index < -0.39 is 10.9 Å². The molecule has 0 amide bonds. The lowest BCUT2D eigenvalue weighted by Gasteiger charge is -2.34. The molecule has 0 saturated heterocycles. The molecule has 106 valence electrons. The Hall–Kier alpha value is -1.47. The summed E-state index contributed by atoms with van der Waals surface area (Å²) in [5.41, 5.74) is -0.186. The van der Waals surface area contributed by atoms with Gasteiger partial charge in [-0.1, -0.05) is 11.3 Å². The molecule has 1 heterocycles. The fourth-order valence-electron chi connectivity index (χ4n) is 1.62. The van der Waals surface area contributed by atoms with Gasteiger partial charge in [-0.3, -0.25) is 19.8 Å². The summed E-state index contributed by atoms with van der Waals surface area (Å²) >= 11 is 1.13. The predicted molar refractivity (Wildman–Crippen MR) is 73.4 cm³/mol. The molecule has 0 aliphatic carbocycles. The van der Waals surface area contributed by atoms with Crippen molar-refractivity contribution < 1.29 is 14.8 Å². The monoisotopic (exact) mass is 286 g/mol. The van der Waals surface area contributed by atoms with Crippen molar-refractivity contribution >= 4 is 22.3 Å². The summed E-state index contributed by atoms with van der Waals surface area (Å²) in [5, 5.41) is 19.5. The molecule has 0 aromatic carbocycles. The molecule has 1 aromatic rings. The number of thiophene rings is 1. The number of nitrogens with zero attached hydrogens (tertiary/aromatic N) is 2. The van der Waals surface area contributed by atoms with Gasteiger partial charge in [0.25, 0.3) is 0 Å². The van der Waals surface area contributed by atoms with Gasteiger partial charge in [0.15, 0.2) is 0 Å². The Morgan fingerprint density at radius 3 is 2.53 bits per heavy atom. The smallest absolute Gasteiger partial charge is 0.324 e. The topological polar surface area (TPSA) is 83.7 Å². The minimum absolute atomic E-state index is 0.0603. The number of aliphatic carboxylic acids is 1. The van der Waals surface area contributed by atoms with Gasteiger partial charge in [-0.2, -0.15) is 0 Å². The van der Waals surface area contributed by atoms with Gasteiger partial charge in [0.2, 0.25) is 0 Å². The molecule has 6 nitrogen and oxygen atoms in total. The van der Waals surface area contributed by atoms with E-state index in [1.165, 1.54) is 6.07 Å². The Morgan fingerprint density at radius 1 is 1.47 bits per heavy atom. The fraction of sp³-hybridized carbons (Fsp3) is 0.583. The molecule has 0 unspecified atom stereocenters. The summed E-state index contributed by atoms with van der Waals surface area (Å²) in [6.07, 6.45) is 0.0603. The van der Waals surface area contributed by atoms with Crippen molar-refractivity contribution in [1.82, 2.24) is 4.90 Å². The first-order chi connectivity index (χ1) is 8.70. The predicted octanol–water partition coefficient (Wildman–Crippen LogP) is 2.73. The van der Waals surface area contributed by atoms with Crippen LogP contribution in [0, 0.1) is 10.1 Å². The maximum atomic E-state index is 10.7. The van der Waals surface area contributed by atoms with Crippen LogP contribution in [0.25, 0.3) is 0 Å². The molecule has 0 spiro atoms. The Bertz CT molecular complexity index is 465. The number of carboxylic acids is 1. The molecule has 1 rings (SSSR count). The maximum Gasteiger partial charge on any atom is 0.324 e. The Labute approximate surface area is 115 Å². The number of rotatable bonds is 6. The zero-order valence-corrected chi connectivity index (χ0v) is 12.1. The molecule has 1 N–H and O–H groups in total. The van der Waals surface area contributed by atoms with Crippen molar-refractivity contribution in [3.63, 3.8) is 0 Å². The summed E-state index contributed by atoms with van der Waals surface area (Å²) in [6, 6.07) is 3.21. The Kier molecular flexibility index (Phi) is 5.02. The SMILES string of the molecule is CC(C)(C)N(CCC(=O)O)Cc1ccc([N+](=O)[O-])s1. The van der Waals surface area contributed by atoms with Gasteiger partial charge in [0.05, 0.1) is 11.3 Å². The molecule has 7 heteroatoms. The third-order valence-electron chi connectivity index (χ3n) is 2.72. The lowest BCUT2D eigenvalue weighted by Crippen LogP contribution is -2.41. The summed E-state index contributed by atoms with van der Waals surface area (Å²) in [6.45, 7) is 6.93. The van der Waals surface area contributed by atoms with Crippen LogP contribution in [-0.4, -0.2) is 33.0 Å². The van der Waals surface area contributed by atoms with Crippen LogP contribution < -0.4 is 0 Å². The van der Waals surface area contributed by atoms with Crippen molar-refractivity contribution in [2.24, 2.45) is 0 Å². The minimum atomic E-state index is -0.841. The lowest BCUT2D eigenvalue weighted by molar-refractivity contribution is -0.380. The third-order valence-corrected chi connectivity index (χ3v) is 3.74. The Morgan fingerprint density at radius 2 is 2.11 bits per heavy atom. The van der Waals surface area contributed by atoms with Gasteiger partial charge in [-0.05, 0) is 26.8 Å². The molecule has 0 fully saturated rings. The zero-order valence-electron chi connectivity index (χ0n) is 11.3.